The molecule has 0 aliphatic carbocycles. The number of hydrogen-bond donors (Lipinski definition) is 0. The van der Waals surface area contributed by atoms with Crippen molar-refractivity contribution >= 4 is 30.0 Å². The smallest absolute Gasteiger partial charge is 0.435 e. The molecule has 0 saturated heterocycles. The largest absolute Gasteiger partial charge is 0.481 e. The number of alkyl halides is 3. The van der Waals surface area contributed by atoms with E-state index >= 15 is 0 Å². The summed E-state index contributed by atoms with van der Waals surface area (Å²) in [4.78, 5) is 15.2. The second-order valence-corrected chi connectivity index (χ2v) is 6.03. The van der Waals surface area contributed by atoms with Crippen LogP contribution in [0.15, 0.2) is 47.2 Å². The summed E-state index contributed by atoms with van der Waals surface area (Å²) < 4.78 is 51.9. The summed E-state index contributed by atoms with van der Waals surface area (Å²) in [7, 11) is 1.50. The van der Waals surface area contributed by atoms with Crippen LogP contribution < -0.4 is 9.47 Å². The minimum atomic E-state index is -4.66. The third-order valence-corrected chi connectivity index (χ3v) is 4.14. The van der Waals surface area contributed by atoms with Crippen LogP contribution in [0.1, 0.15) is 11.4 Å². The van der Waals surface area contributed by atoms with Gasteiger partial charge in [0.25, 0.3) is 0 Å². The van der Waals surface area contributed by atoms with Crippen molar-refractivity contribution in [2.75, 3.05) is 13.0 Å². The molecular weight excluding hydrogens is 395 g/mol. The number of aliphatic imine (C=N–C) groups is 1. The van der Waals surface area contributed by atoms with Crippen molar-refractivity contribution in [1.29, 1.82) is 0 Å². The highest BCUT2D eigenvalue weighted by molar-refractivity contribution is 8.02. The fraction of sp³-hybridized carbons (Fsp3) is 0.176. The van der Waals surface area contributed by atoms with E-state index in [0.29, 0.717) is 11.6 Å². The number of nitrogens with zero attached hydrogens (tertiary/aromatic N) is 5. The molecule has 3 heterocycles. The topological polar surface area (TPSA) is 73.9 Å². The van der Waals surface area contributed by atoms with Gasteiger partial charge in [0.2, 0.25) is 11.7 Å². The standard InChI is InChI=1S/C17H14F3N5O2S/c1-21-12(9-28-10-27-11-4-5-13(26-2)23-8-11)14-15(17(18,19)20)24-16-22-6-3-7-25(14)16/h3-9H,1,10H2,2H3/b12-9-. The van der Waals surface area contributed by atoms with E-state index in [1.165, 1.54) is 41.6 Å². The number of methoxy groups -OCH3 is 1. The number of thioether (sulfide) groups is 1. The zero-order valence-corrected chi connectivity index (χ0v) is 15.4. The van der Waals surface area contributed by atoms with Crippen LogP contribution in [-0.2, 0) is 6.18 Å². The number of imidazole rings is 1. The van der Waals surface area contributed by atoms with Gasteiger partial charge in [-0.1, -0.05) is 11.8 Å². The van der Waals surface area contributed by atoms with E-state index in [1.807, 2.05) is 0 Å². The number of halogens is 3. The Morgan fingerprint density at radius 1 is 1.36 bits per heavy atom. The van der Waals surface area contributed by atoms with Crippen molar-refractivity contribution in [2.45, 2.75) is 6.18 Å². The van der Waals surface area contributed by atoms with Crippen molar-refractivity contribution in [2.24, 2.45) is 4.99 Å². The summed E-state index contributed by atoms with van der Waals surface area (Å²) in [5.74, 6) is 0.984. The summed E-state index contributed by atoms with van der Waals surface area (Å²) in [6.45, 7) is 3.38. The Kier molecular flexibility index (Phi) is 5.83. The van der Waals surface area contributed by atoms with Crippen LogP contribution in [0, 0.1) is 0 Å². The van der Waals surface area contributed by atoms with E-state index in [2.05, 4.69) is 26.7 Å². The molecule has 3 aromatic rings. The molecule has 28 heavy (non-hydrogen) atoms. The van der Waals surface area contributed by atoms with Crippen LogP contribution in [0.3, 0.4) is 0 Å². The summed E-state index contributed by atoms with van der Waals surface area (Å²) in [5, 5.41) is 1.43. The van der Waals surface area contributed by atoms with E-state index < -0.39 is 11.9 Å². The van der Waals surface area contributed by atoms with Gasteiger partial charge >= 0.3 is 6.18 Å². The first-order valence-corrected chi connectivity index (χ1v) is 8.81. The van der Waals surface area contributed by atoms with Gasteiger partial charge in [-0.15, -0.1) is 0 Å². The summed E-state index contributed by atoms with van der Waals surface area (Å²) in [6.07, 6.45) is -0.387. The van der Waals surface area contributed by atoms with E-state index in [9.17, 15) is 13.2 Å². The monoisotopic (exact) mass is 409 g/mol. The molecule has 0 fully saturated rings. The fourth-order valence-corrected chi connectivity index (χ4v) is 2.90. The van der Waals surface area contributed by atoms with Crippen molar-refractivity contribution in [3.05, 3.63) is 53.6 Å². The number of ether oxygens (including phenoxy) is 2. The quantitative estimate of drug-likeness (QED) is 0.335. The van der Waals surface area contributed by atoms with E-state index in [1.54, 1.807) is 12.1 Å². The molecule has 0 spiro atoms. The van der Waals surface area contributed by atoms with Crippen LogP contribution in [0.5, 0.6) is 11.6 Å². The molecule has 0 unspecified atom stereocenters. The van der Waals surface area contributed by atoms with E-state index in [4.69, 9.17) is 9.47 Å². The second-order valence-electron chi connectivity index (χ2n) is 5.22. The maximum atomic E-state index is 13.4. The number of pyridine rings is 1. The lowest BCUT2D eigenvalue weighted by Crippen LogP contribution is -2.09. The predicted octanol–water partition coefficient (Wildman–Crippen LogP) is 3.92. The molecule has 0 atom stereocenters. The van der Waals surface area contributed by atoms with Crippen LogP contribution in [0.25, 0.3) is 11.5 Å². The van der Waals surface area contributed by atoms with Gasteiger partial charge < -0.3 is 9.47 Å². The molecule has 0 amide bonds. The predicted molar refractivity (Wildman–Crippen MR) is 99.4 cm³/mol. The first kappa shape index (κ1) is 19.7. The van der Waals surface area contributed by atoms with Gasteiger partial charge in [0.1, 0.15) is 17.4 Å². The minimum absolute atomic E-state index is 0.00859. The Morgan fingerprint density at radius 3 is 2.82 bits per heavy atom. The zero-order valence-electron chi connectivity index (χ0n) is 14.6. The lowest BCUT2D eigenvalue weighted by atomic mass is 10.2. The maximum Gasteiger partial charge on any atom is 0.435 e. The third kappa shape index (κ3) is 4.25. The molecule has 0 bridgehead atoms. The molecule has 0 aliphatic rings. The Balaban J connectivity index is 1.81. The average molecular weight is 409 g/mol. The number of hydrogen-bond acceptors (Lipinski definition) is 7. The Hall–Kier alpha value is -3.08. The number of aromatic nitrogens is 4. The maximum absolute atomic E-state index is 13.4. The third-order valence-electron chi connectivity index (χ3n) is 3.49. The van der Waals surface area contributed by atoms with Gasteiger partial charge in [0.15, 0.2) is 5.69 Å². The van der Waals surface area contributed by atoms with Gasteiger partial charge in [0, 0.05) is 23.9 Å². The minimum Gasteiger partial charge on any atom is -0.481 e. The van der Waals surface area contributed by atoms with Crippen LogP contribution >= 0.6 is 11.8 Å². The molecule has 3 rings (SSSR count). The highest BCUT2D eigenvalue weighted by Gasteiger charge is 2.39. The Morgan fingerprint density at radius 2 is 2.18 bits per heavy atom. The second kappa shape index (κ2) is 8.30. The molecule has 0 aromatic carbocycles. The van der Waals surface area contributed by atoms with Gasteiger partial charge in [-0.2, -0.15) is 13.2 Å². The van der Waals surface area contributed by atoms with E-state index in [-0.39, 0.29) is 23.1 Å². The van der Waals surface area contributed by atoms with Crippen molar-refractivity contribution < 1.29 is 22.6 Å². The molecule has 3 aromatic heterocycles. The SMILES string of the molecule is C=N/C(=C\SCOc1ccc(OC)nc1)c1c(C(F)(F)F)nc2ncccn12. The van der Waals surface area contributed by atoms with Crippen molar-refractivity contribution in [3.63, 3.8) is 0 Å². The summed E-state index contributed by atoms with van der Waals surface area (Å²) >= 11 is 1.11. The Bertz CT molecular complexity index is 1000. The van der Waals surface area contributed by atoms with E-state index in [0.717, 1.165) is 11.8 Å². The molecule has 146 valence electrons. The molecular formula is C17H14F3N5O2S. The van der Waals surface area contributed by atoms with Crippen LogP contribution in [0.2, 0.25) is 0 Å². The van der Waals surface area contributed by atoms with Crippen LogP contribution in [0.4, 0.5) is 13.2 Å². The molecule has 7 nitrogen and oxygen atoms in total. The first-order chi connectivity index (χ1) is 13.4. The lowest BCUT2D eigenvalue weighted by molar-refractivity contribution is -0.141. The summed E-state index contributed by atoms with van der Waals surface area (Å²) in [5.41, 5.74) is -1.30. The molecule has 0 N–H and O–H groups in total. The average Bonchev–Trinajstić information content (AvgIpc) is 3.09. The number of rotatable bonds is 7. The van der Waals surface area contributed by atoms with Crippen molar-refractivity contribution in [3.8, 4) is 11.6 Å². The van der Waals surface area contributed by atoms with Crippen molar-refractivity contribution in [1.82, 2.24) is 19.4 Å². The van der Waals surface area contributed by atoms with Gasteiger partial charge in [-0.25, -0.2) is 15.0 Å². The normalized spacial score (nSPS) is 12.2. The highest BCUT2D eigenvalue weighted by Crippen LogP contribution is 2.35. The highest BCUT2D eigenvalue weighted by atomic mass is 32.2. The van der Waals surface area contributed by atoms with Crippen LogP contribution in [-0.4, -0.2) is 39.1 Å². The summed E-state index contributed by atoms with van der Waals surface area (Å²) in [6, 6.07) is 4.81. The van der Waals surface area contributed by atoms with Gasteiger partial charge in [0.05, 0.1) is 19.0 Å². The van der Waals surface area contributed by atoms with Gasteiger partial charge in [-0.3, -0.25) is 9.39 Å². The first-order valence-electron chi connectivity index (χ1n) is 7.76. The molecule has 0 saturated carbocycles. The lowest BCUT2D eigenvalue weighted by Gasteiger charge is -2.08. The fourth-order valence-electron chi connectivity index (χ4n) is 2.29. The number of fused-ring (bicyclic) bond motifs is 1. The molecule has 0 radical (unpaired) electrons. The Labute approximate surface area is 162 Å². The van der Waals surface area contributed by atoms with Gasteiger partial charge in [-0.05, 0) is 18.9 Å². The molecule has 0 aliphatic heterocycles. The zero-order chi connectivity index (χ0) is 20.1. The molecule has 11 heteroatoms.